The molecule has 1 amide bonds. The van der Waals surface area contributed by atoms with E-state index in [1.54, 1.807) is 0 Å². The number of halogens is 2. The monoisotopic (exact) mass is 315 g/mol. The van der Waals surface area contributed by atoms with E-state index in [-0.39, 0.29) is 6.61 Å². The Kier molecular flexibility index (Phi) is 6.13. The summed E-state index contributed by atoms with van der Waals surface area (Å²) in [5, 5.41) is 2.56. The molecular formula is C18H15F2NO2. The first-order valence-corrected chi connectivity index (χ1v) is 7.03. The van der Waals surface area contributed by atoms with Crippen LogP contribution < -0.4 is 5.32 Å². The highest BCUT2D eigenvalue weighted by Crippen LogP contribution is 2.07. The highest BCUT2D eigenvalue weighted by atomic mass is 19.2. The van der Waals surface area contributed by atoms with Crippen LogP contribution in [-0.2, 0) is 11.3 Å². The zero-order valence-electron chi connectivity index (χ0n) is 12.3. The summed E-state index contributed by atoms with van der Waals surface area (Å²) in [5.41, 5.74) is 1.29. The van der Waals surface area contributed by atoms with Crippen molar-refractivity contribution in [1.82, 2.24) is 5.32 Å². The van der Waals surface area contributed by atoms with E-state index in [2.05, 4.69) is 17.2 Å². The van der Waals surface area contributed by atoms with Gasteiger partial charge in [0.15, 0.2) is 11.6 Å². The van der Waals surface area contributed by atoms with Crippen LogP contribution >= 0.6 is 0 Å². The van der Waals surface area contributed by atoms with Gasteiger partial charge in [0.25, 0.3) is 0 Å². The van der Waals surface area contributed by atoms with Crippen LogP contribution in [0.2, 0.25) is 0 Å². The summed E-state index contributed by atoms with van der Waals surface area (Å²) in [4.78, 5) is 11.5. The van der Waals surface area contributed by atoms with Crippen molar-refractivity contribution in [2.24, 2.45) is 0 Å². The molecule has 5 heteroatoms. The van der Waals surface area contributed by atoms with E-state index in [4.69, 9.17) is 4.74 Å². The fourth-order valence-corrected chi connectivity index (χ4v) is 1.74. The van der Waals surface area contributed by atoms with Gasteiger partial charge in [0.05, 0.1) is 0 Å². The number of carbonyl (C=O) groups excluding carboxylic acids is 1. The minimum absolute atomic E-state index is 0.202. The predicted molar refractivity (Wildman–Crippen MR) is 82.5 cm³/mol. The Morgan fingerprint density at radius 3 is 2.61 bits per heavy atom. The third-order valence-corrected chi connectivity index (χ3v) is 2.88. The molecule has 0 radical (unpaired) electrons. The summed E-state index contributed by atoms with van der Waals surface area (Å²) in [6, 6.07) is 12.8. The second-order valence-corrected chi connectivity index (χ2v) is 4.67. The van der Waals surface area contributed by atoms with Gasteiger partial charge in [0, 0.05) is 18.5 Å². The molecule has 1 N–H and O–H groups in total. The molecule has 0 fully saturated rings. The van der Waals surface area contributed by atoms with E-state index in [0.717, 1.165) is 17.7 Å². The molecule has 2 aromatic carbocycles. The number of benzene rings is 2. The summed E-state index contributed by atoms with van der Waals surface area (Å²) in [7, 11) is 0. The van der Waals surface area contributed by atoms with Gasteiger partial charge >= 0.3 is 6.09 Å². The lowest BCUT2D eigenvalue weighted by atomic mass is 10.2. The number of hydrogen-bond donors (Lipinski definition) is 1. The van der Waals surface area contributed by atoms with Crippen LogP contribution in [0.5, 0.6) is 0 Å². The number of ether oxygens (including phenoxy) is 1. The van der Waals surface area contributed by atoms with E-state index in [9.17, 15) is 13.6 Å². The molecule has 3 nitrogen and oxygen atoms in total. The Bertz CT molecular complexity index is 721. The molecule has 0 saturated carbocycles. The lowest BCUT2D eigenvalue weighted by Crippen LogP contribution is -2.24. The SMILES string of the molecule is O=C(NCCC#Cc1ccc(F)c(F)c1)OCc1ccccc1. The van der Waals surface area contributed by atoms with Gasteiger partial charge in [-0.15, -0.1) is 0 Å². The van der Waals surface area contributed by atoms with Crippen molar-refractivity contribution in [3.05, 3.63) is 71.3 Å². The van der Waals surface area contributed by atoms with Gasteiger partial charge in [-0.25, -0.2) is 13.6 Å². The summed E-state index contributed by atoms with van der Waals surface area (Å²) in [6.07, 6.45) is -0.150. The normalized spacial score (nSPS) is 9.65. The van der Waals surface area contributed by atoms with Crippen molar-refractivity contribution in [1.29, 1.82) is 0 Å². The van der Waals surface area contributed by atoms with Crippen molar-refractivity contribution in [3.8, 4) is 11.8 Å². The average Bonchev–Trinajstić information content (AvgIpc) is 2.57. The molecule has 0 atom stereocenters. The maximum atomic E-state index is 13.0. The zero-order chi connectivity index (χ0) is 16.5. The van der Waals surface area contributed by atoms with Crippen molar-refractivity contribution in [2.45, 2.75) is 13.0 Å². The third kappa shape index (κ3) is 5.79. The molecule has 0 bridgehead atoms. The van der Waals surface area contributed by atoms with Crippen LogP contribution in [0.3, 0.4) is 0 Å². The number of rotatable bonds is 4. The van der Waals surface area contributed by atoms with Gasteiger partial charge in [-0.2, -0.15) is 0 Å². The molecule has 0 aliphatic rings. The van der Waals surface area contributed by atoms with Crippen molar-refractivity contribution < 1.29 is 18.3 Å². The fraction of sp³-hybridized carbons (Fsp3) is 0.167. The molecule has 0 heterocycles. The van der Waals surface area contributed by atoms with Gasteiger partial charge in [0.1, 0.15) is 6.61 Å². The highest BCUT2D eigenvalue weighted by molar-refractivity contribution is 5.67. The largest absolute Gasteiger partial charge is 0.445 e. The number of alkyl carbamates (subject to hydrolysis) is 1. The summed E-state index contributed by atoms with van der Waals surface area (Å²) in [6.45, 7) is 0.511. The van der Waals surface area contributed by atoms with Crippen LogP contribution in [-0.4, -0.2) is 12.6 Å². The predicted octanol–water partition coefficient (Wildman–Crippen LogP) is 3.63. The first-order chi connectivity index (χ1) is 11.1. The molecule has 118 valence electrons. The Hall–Kier alpha value is -2.87. The molecule has 0 unspecified atom stereocenters. The first-order valence-electron chi connectivity index (χ1n) is 7.03. The molecule has 0 saturated heterocycles. The fourth-order valence-electron chi connectivity index (χ4n) is 1.74. The quantitative estimate of drug-likeness (QED) is 0.691. The minimum atomic E-state index is -0.931. The topological polar surface area (TPSA) is 38.3 Å². The van der Waals surface area contributed by atoms with E-state index in [1.165, 1.54) is 6.07 Å². The molecule has 0 aromatic heterocycles. The molecule has 2 aromatic rings. The number of amides is 1. The molecular weight excluding hydrogens is 300 g/mol. The van der Waals surface area contributed by atoms with Crippen LogP contribution in [0.25, 0.3) is 0 Å². The molecule has 0 aliphatic heterocycles. The maximum absolute atomic E-state index is 13.0. The Morgan fingerprint density at radius 1 is 1.09 bits per heavy atom. The highest BCUT2D eigenvalue weighted by Gasteiger charge is 2.01. The van der Waals surface area contributed by atoms with Gasteiger partial charge in [-0.05, 0) is 23.8 Å². The first kappa shape index (κ1) is 16.5. The Balaban J connectivity index is 1.68. The van der Waals surface area contributed by atoms with Crippen molar-refractivity contribution >= 4 is 6.09 Å². The standard InChI is InChI=1S/C18H15F2NO2/c19-16-10-9-14(12-17(16)20)6-4-5-11-21-18(22)23-13-15-7-2-1-3-8-15/h1-3,7-10,12H,5,11,13H2,(H,21,22). The number of carbonyl (C=O) groups is 1. The van der Waals surface area contributed by atoms with E-state index in [1.807, 2.05) is 30.3 Å². The zero-order valence-corrected chi connectivity index (χ0v) is 12.3. The summed E-state index contributed by atoms with van der Waals surface area (Å²) >= 11 is 0. The molecule has 2 rings (SSSR count). The van der Waals surface area contributed by atoms with E-state index in [0.29, 0.717) is 18.5 Å². The Morgan fingerprint density at radius 2 is 1.87 bits per heavy atom. The number of nitrogens with one attached hydrogen (secondary N) is 1. The molecule has 23 heavy (non-hydrogen) atoms. The van der Waals surface area contributed by atoms with Crippen LogP contribution in [0.15, 0.2) is 48.5 Å². The maximum Gasteiger partial charge on any atom is 0.407 e. The second kappa shape index (κ2) is 8.54. The Labute approximate surface area is 133 Å². The van der Waals surface area contributed by atoms with Crippen LogP contribution in [0.4, 0.5) is 13.6 Å². The lowest BCUT2D eigenvalue weighted by molar-refractivity contribution is 0.140. The lowest BCUT2D eigenvalue weighted by Gasteiger charge is -2.05. The van der Waals surface area contributed by atoms with Crippen LogP contribution in [0, 0.1) is 23.5 Å². The second-order valence-electron chi connectivity index (χ2n) is 4.67. The summed E-state index contributed by atoms with van der Waals surface area (Å²) in [5.74, 6) is 3.63. The van der Waals surface area contributed by atoms with Crippen molar-refractivity contribution in [3.63, 3.8) is 0 Å². The smallest absolute Gasteiger partial charge is 0.407 e. The number of hydrogen-bond acceptors (Lipinski definition) is 2. The van der Waals surface area contributed by atoms with Crippen LogP contribution in [0.1, 0.15) is 17.5 Å². The van der Waals surface area contributed by atoms with Gasteiger partial charge in [-0.3, -0.25) is 0 Å². The van der Waals surface area contributed by atoms with E-state index >= 15 is 0 Å². The molecule has 0 aliphatic carbocycles. The molecule has 0 spiro atoms. The third-order valence-electron chi connectivity index (χ3n) is 2.88. The summed E-state index contributed by atoms with van der Waals surface area (Å²) < 4.78 is 30.7. The van der Waals surface area contributed by atoms with Gasteiger partial charge in [-0.1, -0.05) is 42.2 Å². The van der Waals surface area contributed by atoms with E-state index < -0.39 is 17.7 Å². The minimum Gasteiger partial charge on any atom is -0.445 e. The average molecular weight is 315 g/mol. The van der Waals surface area contributed by atoms with Gasteiger partial charge in [0.2, 0.25) is 0 Å². The van der Waals surface area contributed by atoms with Gasteiger partial charge < -0.3 is 10.1 Å². The van der Waals surface area contributed by atoms with Crippen molar-refractivity contribution in [2.75, 3.05) is 6.54 Å².